The number of aliphatic hydroxyl groups excluding tert-OH is 1. The van der Waals surface area contributed by atoms with Crippen LogP contribution in [0.25, 0.3) is 0 Å². The number of carbonyl (C=O) groups is 2. The van der Waals surface area contributed by atoms with E-state index < -0.39 is 36.4 Å². The van der Waals surface area contributed by atoms with Crippen molar-refractivity contribution in [1.29, 1.82) is 0 Å². The molecule has 0 saturated carbocycles. The highest BCUT2D eigenvalue weighted by Crippen LogP contribution is 2.29. The predicted octanol–water partition coefficient (Wildman–Crippen LogP) is 1.14. The van der Waals surface area contributed by atoms with Crippen molar-refractivity contribution in [2.45, 2.75) is 38.0 Å². The topological polar surface area (TPSA) is 142 Å². The molecule has 0 aliphatic rings. The Bertz CT molecular complexity index is 827. The number of phenols is 2. The summed E-state index contributed by atoms with van der Waals surface area (Å²) in [5.41, 5.74) is 6.35. The summed E-state index contributed by atoms with van der Waals surface area (Å²) in [6.07, 6.45) is 0.0479. The molecule has 2 aromatic rings. The monoisotopic (exact) mass is 402 g/mol. The second kappa shape index (κ2) is 10.4. The Kier molecular flexibility index (Phi) is 7.99. The van der Waals surface area contributed by atoms with Crippen LogP contribution in [0.3, 0.4) is 0 Å². The molecular weight excluding hydrogens is 376 g/mol. The minimum Gasteiger partial charge on any atom is -0.504 e. The highest BCUT2D eigenvalue weighted by molar-refractivity contribution is 5.82. The molecule has 0 aliphatic carbocycles. The smallest absolute Gasteiger partial charge is 0.326 e. The van der Waals surface area contributed by atoms with Gasteiger partial charge in [0.1, 0.15) is 12.1 Å². The first-order valence-electron chi connectivity index (χ1n) is 9.22. The van der Waals surface area contributed by atoms with Gasteiger partial charge in [0.05, 0.1) is 0 Å². The Labute approximate surface area is 168 Å². The predicted molar refractivity (Wildman–Crippen MR) is 106 cm³/mol. The summed E-state index contributed by atoms with van der Waals surface area (Å²) in [6, 6.07) is 12.2. The van der Waals surface area contributed by atoms with Gasteiger partial charge in [-0.1, -0.05) is 36.4 Å². The van der Waals surface area contributed by atoms with E-state index in [0.29, 0.717) is 6.42 Å². The number of hydrogen-bond acceptors (Lipinski definition) is 7. The van der Waals surface area contributed by atoms with E-state index in [-0.39, 0.29) is 17.4 Å². The van der Waals surface area contributed by atoms with Gasteiger partial charge in [0, 0.05) is 6.04 Å². The zero-order chi connectivity index (χ0) is 21.4. The first-order chi connectivity index (χ1) is 13.8. The lowest BCUT2D eigenvalue weighted by Gasteiger charge is -2.26. The molecule has 8 nitrogen and oxygen atoms in total. The largest absolute Gasteiger partial charge is 0.504 e. The van der Waals surface area contributed by atoms with E-state index in [1.807, 2.05) is 37.3 Å². The van der Waals surface area contributed by atoms with Crippen molar-refractivity contribution in [3.63, 3.8) is 0 Å². The minimum atomic E-state index is -1.39. The van der Waals surface area contributed by atoms with Gasteiger partial charge in [0.15, 0.2) is 18.1 Å². The van der Waals surface area contributed by atoms with Gasteiger partial charge in [-0.25, -0.2) is 0 Å². The Balaban J connectivity index is 2.11. The van der Waals surface area contributed by atoms with Crippen molar-refractivity contribution in [2.24, 2.45) is 5.73 Å². The lowest BCUT2D eigenvalue weighted by atomic mass is 9.99. The first-order valence-corrected chi connectivity index (χ1v) is 9.22. The fourth-order valence-electron chi connectivity index (χ4n) is 2.85. The number of hydrogen-bond donors (Lipinski definition) is 5. The summed E-state index contributed by atoms with van der Waals surface area (Å²) in [6.45, 7) is 1.25. The summed E-state index contributed by atoms with van der Waals surface area (Å²) in [5.74, 6) is -2.44. The van der Waals surface area contributed by atoms with Crippen molar-refractivity contribution in [3.8, 4) is 11.5 Å². The summed E-state index contributed by atoms with van der Waals surface area (Å²) < 4.78 is 4.88. The summed E-state index contributed by atoms with van der Waals surface area (Å²) in [4.78, 5) is 23.4. The van der Waals surface area contributed by atoms with Crippen molar-refractivity contribution in [3.05, 3.63) is 59.7 Å². The maximum Gasteiger partial charge on any atom is 0.326 e. The van der Waals surface area contributed by atoms with Crippen LogP contribution in [0.4, 0.5) is 0 Å². The van der Waals surface area contributed by atoms with Gasteiger partial charge in [0.2, 0.25) is 0 Å². The van der Waals surface area contributed by atoms with Gasteiger partial charge in [0.25, 0.3) is 5.91 Å². The molecule has 29 heavy (non-hydrogen) atoms. The molecule has 0 fully saturated rings. The minimum absolute atomic E-state index is 0.179. The molecule has 0 aliphatic heterocycles. The van der Waals surface area contributed by atoms with E-state index in [4.69, 9.17) is 10.5 Å². The Hall–Kier alpha value is -3.10. The van der Waals surface area contributed by atoms with Gasteiger partial charge < -0.3 is 25.8 Å². The van der Waals surface area contributed by atoms with Gasteiger partial charge in [-0.3, -0.25) is 14.9 Å². The molecule has 2 aromatic carbocycles. The molecule has 0 spiro atoms. The van der Waals surface area contributed by atoms with E-state index in [9.17, 15) is 24.9 Å². The fraction of sp³-hybridized carbons (Fsp3) is 0.333. The fourth-order valence-corrected chi connectivity index (χ4v) is 2.85. The summed E-state index contributed by atoms with van der Waals surface area (Å²) >= 11 is 0. The number of nitrogens with two attached hydrogens (primary N) is 1. The Morgan fingerprint density at radius 3 is 2.41 bits per heavy atom. The zero-order valence-corrected chi connectivity index (χ0v) is 16.1. The Morgan fingerprint density at radius 2 is 1.79 bits per heavy atom. The molecule has 8 heteroatoms. The molecule has 1 amide bonds. The summed E-state index contributed by atoms with van der Waals surface area (Å²) in [7, 11) is 0. The molecule has 0 heterocycles. The third-order valence-corrected chi connectivity index (χ3v) is 4.44. The van der Waals surface area contributed by atoms with Crippen LogP contribution in [-0.2, 0) is 20.7 Å². The van der Waals surface area contributed by atoms with Crippen LogP contribution >= 0.6 is 0 Å². The van der Waals surface area contributed by atoms with E-state index in [2.05, 4.69) is 5.32 Å². The van der Waals surface area contributed by atoms with Gasteiger partial charge in [-0.05, 0) is 43.0 Å². The molecule has 3 atom stereocenters. The maximum absolute atomic E-state index is 12.5. The van der Waals surface area contributed by atoms with Crippen LogP contribution in [0.5, 0.6) is 11.5 Å². The molecule has 0 aromatic heterocycles. The van der Waals surface area contributed by atoms with Crippen LogP contribution in [0, 0.1) is 0 Å². The van der Waals surface area contributed by atoms with Crippen molar-refractivity contribution in [2.75, 3.05) is 6.61 Å². The second-order valence-electron chi connectivity index (χ2n) is 6.84. The Morgan fingerprint density at radius 1 is 1.10 bits per heavy atom. The molecule has 2 unspecified atom stereocenters. The van der Waals surface area contributed by atoms with Crippen LogP contribution in [-0.4, -0.2) is 45.9 Å². The number of esters is 1. The second-order valence-corrected chi connectivity index (χ2v) is 6.84. The SMILES string of the molecule is CC(CCc1ccccc1)N[C@H](C(=O)OCC(N)=O)C(O)c1ccc(O)c(O)c1. The van der Waals surface area contributed by atoms with Crippen LogP contribution in [0.15, 0.2) is 48.5 Å². The lowest BCUT2D eigenvalue weighted by molar-refractivity contribution is -0.153. The number of aryl methyl sites for hydroxylation is 1. The van der Waals surface area contributed by atoms with E-state index in [0.717, 1.165) is 18.1 Å². The quantitative estimate of drug-likeness (QED) is 0.296. The average molecular weight is 402 g/mol. The van der Waals surface area contributed by atoms with Gasteiger partial charge >= 0.3 is 5.97 Å². The van der Waals surface area contributed by atoms with Gasteiger partial charge in [-0.2, -0.15) is 0 Å². The summed E-state index contributed by atoms with van der Waals surface area (Å²) in [5, 5.41) is 32.8. The lowest BCUT2D eigenvalue weighted by Crippen LogP contribution is -2.47. The third-order valence-electron chi connectivity index (χ3n) is 4.44. The van der Waals surface area contributed by atoms with Crippen LogP contribution < -0.4 is 11.1 Å². The van der Waals surface area contributed by atoms with E-state index >= 15 is 0 Å². The maximum atomic E-state index is 12.5. The van der Waals surface area contributed by atoms with E-state index in [1.165, 1.54) is 12.1 Å². The average Bonchev–Trinajstić information content (AvgIpc) is 2.71. The number of ether oxygens (including phenoxy) is 1. The number of phenolic OH excluding ortho intramolecular Hbond substituents is 2. The molecule has 0 radical (unpaired) electrons. The number of carbonyl (C=O) groups excluding carboxylic acids is 2. The number of aromatic hydroxyl groups is 2. The van der Waals surface area contributed by atoms with Crippen molar-refractivity contribution < 1.29 is 29.6 Å². The van der Waals surface area contributed by atoms with Crippen LogP contribution in [0.1, 0.15) is 30.6 Å². The van der Waals surface area contributed by atoms with E-state index in [1.54, 1.807) is 0 Å². The number of benzene rings is 2. The molecule has 6 N–H and O–H groups in total. The molecule has 0 bridgehead atoms. The first kappa shape index (κ1) is 22.2. The third kappa shape index (κ3) is 6.78. The molecule has 2 rings (SSSR count). The molecule has 156 valence electrons. The highest BCUT2D eigenvalue weighted by Gasteiger charge is 2.31. The standard InChI is InChI=1S/C21H26N2O6/c1-13(7-8-14-5-3-2-4-6-14)23-19(21(28)29-12-18(22)26)20(27)15-9-10-16(24)17(25)11-15/h2-6,9-11,13,19-20,23-25,27H,7-8,12H2,1H3,(H2,22,26)/t13?,19-,20?/m0/s1. The molecule has 0 saturated heterocycles. The van der Waals surface area contributed by atoms with Crippen molar-refractivity contribution >= 4 is 11.9 Å². The number of rotatable bonds is 10. The van der Waals surface area contributed by atoms with Crippen LogP contribution in [0.2, 0.25) is 0 Å². The van der Waals surface area contributed by atoms with Crippen molar-refractivity contribution in [1.82, 2.24) is 5.32 Å². The molecular formula is C21H26N2O6. The number of amides is 1. The highest BCUT2D eigenvalue weighted by atomic mass is 16.5. The normalized spacial score (nSPS) is 14.0. The number of aliphatic hydroxyl groups is 1. The van der Waals surface area contributed by atoms with Gasteiger partial charge in [-0.15, -0.1) is 0 Å². The number of primary amides is 1. The number of nitrogens with one attached hydrogen (secondary N) is 1. The zero-order valence-electron chi connectivity index (χ0n) is 16.1.